The minimum absolute atomic E-state index is 0.0582. The van der Waals surface area contributed by atoms with Crippen LogP contribution in [0.1, 0.15) is 34.8 Å². The van der Waals surface area contributed by atoms with E-state index in [0.29, 0.717) is 31.7 Å². The Bertz CT molecular complexity index is 844. The zero-order chi connectivity index (χ0) is 18.1. The molecule has 25 heavy (non-hydrogen) atoms. The van der Waals surface area contributed by atoms with Gasteiger partial charge >= 0.3 is 0 Å². The zero-order valence-corrected chi connectivity index (χ0v) is 12.8. The van der Waals surface area contributed by atoms with Gasteiger partial charge in [-0.1, -0.05) is 0 Å². The first-order valence-corrected chi connectivity index (χ1v) is 7.54. The minimum atomic E-state index is -3.46. The van der Waals surface area contributed by atoms with Gasteiger partial charge in [-0.15, -0.1) is 0 Å². The normalized spacial score (nSPS) is 17.1. The number of halogens is 3. The highest BCUT2D eigenvalue weighted by Crippen LogP contribution is 2.27. The molecule has 0 saturated carbocycles. The number of aromatic nitrogens is 3. The molecule has 3 rings (SSSR count). The maximum absolute atomic E-state index is 13.0. The smallest absolute Gasteiger partial charge is 0.287 e. The van der Waals surface area contributed by atoms with E-state index in [-0.39, 0.29) is 11.6 Å². The molecule has 8 nitrogen and oxygen atoms in total. The lowest BCUT2D eigenvalue weighted by atomic mass is 9.97. The molecule has 136 valence electrons. The van der Waals surface area contributed by atoms with Crippen LogP contribution in [0.25, 0.3) is 5.65 Å². The van der Waals surface area contributed by atoms with Crippen LogP contribution in [0.4, 0.5) is 13.2 Å². The van der Waals surface area contributed by atoms with Crippen molar-refractivity contribution in [3.05, 3.63) is 27.7 Å². The van der Waals surface area contributed by atoms with E-state index in [9.17, 15) is 27.9 Å². The van der Waals surface area contributed by atoms with Gasteiger partial charge in [0.2, 0.25) is 12.2 Å². The summed E-state index contributed by atoms with van der Waals surface area (Å²) in [6, 6.07) is 1.55. The lowest BCUT2D eigenvalue weighted by Gasteiger charge is -2.19. The highest BCUT2D eigenvalue weighted by atomic mass is 19.3. The summed E-state index contributed by atoms with van der Waals surface area (Å²) in [5.41, 5.74) is -1.21. The average Bonchev–Trinajstić information content (AvgIpc) is 2.99. The number of nitrogens with one attached hydrogen (secondary N) is 2. The minimum Gasteiger partial charge on any atom is -0.492 e. The topological polar surface area (TPSA) is 109 Å². The van der Waals surface area contributed by atoms with E-state index in [1.807, 2.05) is 0 Å². The zero-order valence-electron chi connectivity index (χ0n) is 12.8. The Morgan fingerprint density at radius 3 is 2.72 bits per heavy atom. The fraction of sp³-hybridized carbons (Fsp3) is 0.500. The van der Waals surface area contributed by atoms with Crippen molar-refractivity contribution in [3.8, 4) is 5.88 Å². The molecule has 0 aliphatic carbocycles. The number of carbonyl (C=O) groups is 1. The van der Waals surface area contributed by atoms with Gasteiger partial charge in [0.25, 0.3) is 17.9 Å². The Kier molecular flexibility index (Phi) is 4.66. The predicted octanol–water partition coefficient (Wildman–Crippen LogP) is 0.913. The molecule has 3 heterocycles. The lowest BCUT2D eigenvalue weighted by Crippen LogP contribution is -2.39. The molecule has 11 heteroatoms. The van der Waals surface area contributed by atoms with Gasteiger partial charge in [0.05, 0.1) is 5.69 Å². The number of fused-ring (bicyclic) bond motifs is 1. The summed E-state index contributed by atoms with van der Waals surface area (Å²) in [7, 11) is 0. The molecule has 3 N–H and O–H groups in total. The number of H-pyrrole nitrogens is 1. The molecular formula is C14H15F3N4O4. The quantitative estimate of drug-likeness (QED) is 0.703. The van der Waals surface area contributed by atoms with Gasteiger partial charge in [0.1, 0.15) is 5.65 Å². The summed E-state index contributed by atoms with van der Waals surface area (Å²) in [4.78, 5) is 26.1. The molecule has 0 spiro atoms. The molecule has 2 aromatic rings. The third-order valence-electron chi connectivity index (χ3n) is 3.98. The maximum Gasteiger partial charge on any atom is 0.287 e. The second-order valence-corrected chi connectivity index (χ2v) is 5.62. The lowest BCUT2D eigenvalue weighted by molar-refractivity contribution is 0.0285. The van der Waals surface area contributed by atoms with Crippen LogP contribution in [0, 0.1) is 0 Å². The molecule has 2 aromatic heterocycles. The standard InChI is InChI=1S/C14H15F3N4O4/c15-10(16)11(17)19-13(23)9-12(22)18-8-5-7(20-21(8)14(9)24)6-1-3-25-4-2-6/h5-6,10-11,24H,1-4H2,(H,18,22)(H,19,23). The summed E-state index contributed by atoms with van der Waals surface area (Å²) in [5, 5.41) is 15.6. The van der Waals surface area contributed by atoms with Gasteiger partial charge in [-0.2, -0.15) is 9.61 Å². The summed E-state index contributed by atoms with van der Waals surface area (Å²) < 4.78 is 43.5. The second kappa shape index (κ2) is 6.75. The van der Waals surface area contributed by atoms with Crippen molar-refractivity contribution in [2.45, 2.75) is 31.5 Å². The molecule has 1 fully saturated rings. The Balaban J connectivity index is 1.97. The van der Waals surface area contributed by atoms with E-state index in [1.54, 1.807) is 6.07 Å². The number of nitrogens with zero attached hydrogens (tertiary/aromatic N) is 2. The molecule has 1 aliphatic rings. The first kappa shape index (κ1) is 17.3. The van der Waals surface area contributed by atoms with Gasteiger partial charge in [-0.25, -0.2) is 13.2 Å². The van der Waals surface area contributed by atoms with Gasteiger partial charge in [0.15, 0.2) is 5.56 Å². The predicted molar refractivity (Wildman–Crippen MR) is 78.6 cm³/mol. The monoisotopic (exact) mass is 360 g/mol. The Morgan fingerprint density at radius 2 is 2.08 bits per heavy atom. The van der Waals surface area contributed by atoms with Crippen LogP contribution in [0.3, 0.4) is 0 Å². The number of aromatic hydroxyl groups is 1. The van der Waals surface area contributed by atoms with Crippen molar-refractivity contribution in [1.82, 2.24) is 19.9 Å². The van der Waals surface area contributed by atoms with Crippen molar-refractivity contribution in [2.75, 3.05) is 13.2 Å². The third kappa shape index (κ3) is 3.31. The van der Waals surface area contributed by atoms with Crippen LogP contribution in [0.2, 0.25) is 0 Å². The van der Waals surface area contributed by atoms with Crippen molar-refractivity contribution in [2.24, 2.45) is 0 Å². The van der Waals surface area contributed by atoms with Crippen molar-refractivity contribution < 1.29 is 27.8 Å². The fourth-order valence-corrected chi connectivity index (χ4v) is 2.69. The van der Waals surface area contributed by atoms with Crippen LogP contribution in [-0.2, 0) is 4.74 Å². The molecular weight excluding hydrogens is 345 g/mol. The van der Waals surface area contributed by atoms with E-state index in [0.717, 1.165) is 4.52 Å². The summed E-state index contributed by atoms with van der Waals surface area (Å²) in [6.45, 7) is 1.11. The molecule has 0 aromatic carbocycles. The highest BCUT2D eigenvalue weighted by molar-refractivity contribution is 5.96. The van der Waals surface area contributed by atoms with Gasteiger partial charge in [-0.3, -0.25) is 9.59 Å². The van der Waals surface area contributed by atoms with Crippen LogP contribution in [-0.4, -0.2) is 51.5 Å². The summed E-state index contributed by atoms with van der Waals surface area (Å²) in [6.07, 6.45) is -5.00. The first-order chi connectivity index (χ1) is 11.9. The van der Waals surface area contributed by atoms with Gasteiger partial charge in [-0.05, 0) is 12.8 Å². The Hall–Kier alpha value is -2.56. The van der Waals surface area contributed by atoms with E-state index >= 15 is 0 Å². The number of hydrogen-bond donors (Lipinski definition) is 3. The van der Waals surface area contributed by atoms with E-state index in [2.05, 4.69) is 10.1 Å². The number of amides is 1. The fourth-order valence-electron chi connectivity index (χ4n) is 2.69. The average molecular weight is 360 g/mol. The van der Waals surface area contributed by atoms with E-state index < -0.39 is 35.6 Å². The number of carbonyl (C=O) groups excluding carboxylic acids is 1. The molecule has 0 radical (unpaired) electrons. The second-order valence-electron chi connectivity index (χ2n) is 5.62. The van der Waals surface area contributed by atoms with Crippen molar-refractivity contribution in [1.29, 1.82) is 0 Å². The Morgan fingerprint density at radius 1 is 1.40 bits per heavy atom. The maximum atomic E-state index is 13.0. The number of hydrogen-bond acceptors (Lipinski definition) is 5. The van der Waals surface area contributed by atoms with Crippen LogP contribution in [0.5, 0.6) is 5.88 Å². The molecule has 1 amide bonds. The number of rotatable bonds is 4. The molecule has 1 atom stereocenters. The Labute approximate surface area is 138 Å². The largest absolute Gasteiger partial charge is 0.492 e. The van der Waals surface area contributed by atoms with Crippen molar-refractivity contribution in [3.63, 3.8) is 0 Å². The van der Waals surface area contributed by atoms with Crippen LogP contribution >= 0.6 is 0 Å². The van der Waals surface area contributed by atoms with Crippen LogP contribution < -0.4 is 10.9 Å². The van der Waals surface area contributed by atoms with Gasteiger partial charge < -0.3 is 20.1 Å². The molecule has 0 bridgehead atoms. The molecule has 1 saturated heterocycles. The van der Waals surface area contributed by atoms with Gasteiger partial charge in [0, 0.05) is 25.2 Å². The third-order valence-corrected chi connectivity index (χ3v) is 3.98. The molecule has 1 unspecified atom stereocenters. The number of ether oxygens (including phenoxy) is 1. The first-order valence-electron chi connectivity index (χ1n) is 7.54. The van der Waals surface area contributed by atoms with E-state index in [4.69, 9.17) is 4.74 Å². The molecule has 1 aliphatic heterocycles. The van der Waals surface area contributed by atoms with Crippen molar-refractivity contribution >= 4 is 11.6 Å². The summed E-state index contributed by atoms with van der Waals surface area (Å²) in [5.74, 6) is -2.25. The highest BCUT2D eigenvalue weighted by Gasteiger charge is 2.28. The number of aromatic amines is 1. The van der Waals surface area contributed by atoms with Crippen LogP contribution in [0.15, 0.2) is 10.9 Å². The SMILES string of the molecule is O=C(NC(F)C(F)F)c1c(O)n2nc(C3CCOCC3)cc2[nH]c1=O. The number of alkyl halides is 3. The summed E-state index contributed by atoms with van der Waals surface area (Å²) >= 11 is 0. The van der Waals surface area contributed by atoms with E-state index in [1.165, 1.54) is 5.32 Å².